The summed E-state index contributed by atoms with van der Waals surface area (Å²) in [6.45, 7) is 0. The molecular formula is C13H12ClN3. The Kier molecular flexibility index (Phi) is 2.41. The van der Waals surface area contributed by atoms with Crippen molar-refractivity contribution in [3.05, 3.63) is 42.5 Å². The normalized spacial score (nSPS) is 11.2. The zero-order valence-electron chi connectivity index (χ0n) is 9.44. The molecule has 0 fully saturated rings. The summed E-state index contributed by atoms with van der Waals surface area (Å²) in [6.07, 6.45) is 3.94. The standard InChI is InChI=1S/C13H12ClN3/c1-17-8-10(9-4-2-3-5-12(9)17)11-7-15-13(6-14)16-11/h2-5,7-8H,6H2,1H3,(H,15,16). The van der Waals surface area contributed by atoms with Crippen LogP contribution in [0.2, 0.25) is 0 Å². The Bertz CT molecular complexity index is 666. The third-order valence-corrected chi connectivity index (χ3v) is 3.20. The largest absolute Gasteiger partial charge is 0.350 e. The summed E-state index contributed by atoms with van der Waals surface area (Å²) < 4.78 is 2.12. The number of hydrogen-bond donors (Lipinski definition) is 1. The van der Waals surface area contributed by atoms with E-state index in [-0.39, 0.29) is 0 Å². The van der Waals surface area contributed by atoms with E-state index >= 15 is 0 Å². The Morgan fingerprint density at radius 2 is 2.18 bits per heavy atom. The first kappa shape index (κ1) is 10.4. The van der Waals surface area contributed by atoms with Gasteiger partial charge in [-0.1, -0.05) is 18.2 Å². The summed E-state index contributed by atoms with van der Waals surface area (Å²) in [7, 11) is 2.05. The second-order valence-corrected chi connectivity index (χ2v) is 4.32. The second kappa shape index (κ2) is 3.93. The van der Waals surface area contributed by atoms with Gasteiger partial charge >= 0.3 is 0 Å². The summed E-state index contributed by atoms with van der Waals surface area (Å²) in [6, 6.07) is 8.32. The quantitative estimate of drug-likeness (QED) is 0.691. The first-order valence-corrected chi connectivity index (χ1v) is 5.97. The van der Waals surface area contributed by atoms with Crippen molar-refractivity contribution in [2.45, 2.75) is 5.88 Å². The fraction of sp³-hybridized carbons (Fsp3) is 0.154. The molecule has 0 amide bonds. The molecule has 0 radical (unpaired) electrons. The van der Waals surface area contributed by atoms with Crippen molar-refractivity contribution >= 4 is 22.5 Å². The highest BCUT2D eigenvalue weighted by molar-refractivity contribution is 6.16. The number of benzene rings is 1. The van der Waals surface area contributed by atoms with Gasteiger partial charge in [0.15, 0.2) is 0 Å². The van der Waals surface area contributed by atoms with Crippen LogP contribution in [0.4, 0.5) is 0 Å². The molecule has 0 bridgehead atoms. The van der Waals surface area contributed by atoms with Crippen molar-refractivity contribution in [2.75, 3.05) is 0 Å². The molecule has 0 saturated carbocycles. The van der Waals surface area contributed by atoms with E-state index in [4.69, 9.17) is 11.6 Å². The Labute approximate surface area is 104 Å². The molecule has 0 unspecified atom stereocenters. The molecule has 17 heavy (non-hydrogen) atoms. The van der Waals surface area contributed by atoms with Gasteiger partial charge in [-0.15, -0.1) is 11.6 Å². The average Bonchev–Trinajstić information content (AvgIpc) is 2.95. The molecular weight excluding hydrogens is 234 g/mol. The number of para-hydroxylation sites is 1. The van der Waals surface area contributed by atoms with Crippen LogP contribution < -0.4 is 0 Å². The average molecular weight is 246 g/mol. The molecule has 0 atom stereocenters. The van der Waals surface area contributed by atoms with Gasteiger partial charge in [0.2, 0.25) is 0 Å². The highest BCUT2D eigenvalue weighted by Crippen LogP contribution is 2.28. The molecule has 1 aromatic carbocycles. The molecule has 0 aliphatic rings. The van der Waals surface area contributed by atoms with Crippen LogP contribution in [0.5, 0.6) is 0 Å². The first-order valence-electron chi connectivity index (χ1n) is 5.44. The minimum atomic E-state index is 0.408. The number of hydrogen-bond acceptors (Lipinski definition) is 1. The van der Waals surface area contributed by atoms with E-state index in [2.05, 4.69) is 32.9 Å². The third kappa shape index (κ3) is 1.63. The maximum absolute atomic E-state index is 5.75. The van der Waals surface area contributed by atoms with Gasteiger partial charge in [0.05, 0.1) is 17.8 Å². The number of fused-ring (bicyclic) bond motifs is 1. The maximum Gasteiger partial charge on any atom is 0.121 e. The highest BCUT2D eigenvalue weighted by atomic mass is 35.5. The van der Waals surface area contributed by atoms with Gasteiger partial charge in [-0.25, -0.2) is 4.98 Å². The zero-order valence-corrected chi connectivity index (χ0v) is 10.2. The van der Waals surface area contributed by atoms with Gasteiger partial charge in [0, 0.05) is 29.7 Å². The van der Waals surface area contributed by atoms with E-state index in [1.54, 1.807) is 0 Å². The van der Waals surface area contributed by atoms with Crippen LogP contribution in [0.15, 0.2) is 36.7 Å². The van der Waals surface area contributed by atoms with Crippen LogP contribution in [0.25, 0.3) is 22.2 Å². The number of rotatable bonds is 2. The van der Waals surface area contributed by atoms with Crippen LogP contribution in [-0.4, -0.2) is 14.5 Å². The Hall–Kier alpha value is -1.74. The molecule has 2 aromatic heterocycles. The van der Waals surface area contributed by atoms with Crippen molar-refractivity contribution in [1.29, 1.82) is 0 Å². The van der Waals surface area contributed by atoms with E-state index in [1.165, 1.54) is 10.9 Å². The summed E-state index contributed by atoms with van der Waals surface area (Å²) in [5, 5.41) is 1.22. The Balaban J connectivity index is 2.23. The molecule has 1 N–H and O–H groups in total. The van der Waals surface area contributed by atoms with Gasteiger partial charge in [-0.05, 0) is 6.07 Å². The lowest BCUT2D eigenvalue weighted by molar-refractivity contribution is 0.969. The fourth-order valence-corrected chi connectivity index (χ4v) is 2.26. The number of nitrogens with zero attached hydrogens (tertiary/aromatic N) is 2. The monoisotopic (exact) mass is 245 g/mol. The van der Waals surface area contributed by atoms with Crippen LogP contribution in [-0.2, 0) is 12.9 Å². The van der Waals surface area contributed by atoms with Crippen molar-refractivity contribution < 1.29 is 0 Å². The van der Waals surface area contributed by atoms with Crippen molar-refractivity contribution in [1.82, 2.24) is 14.5 Å². The number of aryl methyl sites for hydroxylation is 1. The zero-order chi connectivity index (χ0) is 11.8. The highest BCUT2D eigenvalue weighted by Gasteiger charge is 2.10. The summed E-state index contributed by atoms with van der Waals surface area (Å²) in [5.74, 6) is 1.21. The smallest absolute Gasteiger partial charge is 0.121 e. The lowest BCUT2D eigenvalue weighted by atomic mass is 10.1. The number of halogens is 1. The summed E-state index contributed by atoms with van der Waals surface area (Å²) >= 11 is 5.75. The molecule has 0 saturated heterocycles. The topological polar surface area (TPSA) is 33.6 Å². The van der Waals surface area contributed by atoms with Crippen molar-refractivity contribution in [3.8, 4) is 11.3 Å². The molecule has 0 spiro atoms. The molecule has 2 heterocycles. The Morgan fingerprint density at radius 1 is 1.35 bits per heavy atom. The van der Waals surface area contributed by atoms with E-state index in [1.807, 2.05) is 25.4 Å². The molecule has 3 rings (SSSR count). The number of imidazole rings is 1. The summed E-state index contributed by atoms with van der Waals surface area (Å²) in [4.78, 5) is 7.46. The number of alkyl halides is 1. The van der Waals surface area contributed by atoms with Crippen molar-refractivity contribution in [2.24, 2.45) is 7.05 Å². The predicted molar refractivity (Wildman–Crippen MR) is 70.1 cm³/mol. The molecule has 86 valence electrons. The minimum Gasteiger partial charge on any atom is -0.350 e. The minimum absolute atomic E-state index is 0.408. The molecule has 0 aliphatic carbocycles. The number of aromatic amines is 1. The molecule has 4 heteroatoms. The van der Waals surface area contributed by atoms with Gasteiger partial charge in [-0.2, -0.15) is 0 Å². The lowest BCUT2D eigenvalue weighted by Crippen LogP contribution is -1.82. The van der Waals surface area contributed by atoms with E-state index < -0.39 is 0 Å². The van der Waals surface area contributed by atoms with E-state index in [0.29, 0.717) is 5.88 Å². The van der Waals surface area contributed by atoms with E-state index in [9.17, 15) is 0 Å². The summed E-state index contributed by atoms with van der Waals surface area (Å²) in [5.41, 5.74) is 3.38. The second-order valence-electron chi connectivity index (χ2n) is 4.05. The number of aromatic nitrogens is 3. The maximum atomic E-state index is 5.75. The molecule has 3 aromatic rings. The van der Waals surface area contributed by atoms with Crippen LogP contribution in [0.1, 0.15) is 5.82 Å². The van der Waals surface area contributed by atoms with Gasteiger partial charge < -0.3 is 9.55 Å². The van der Waals surface area contributed by atoms with Gasteiger partial charge in [-0.3, -0.25) is 0 Å². The number of nitrogens with one attached hydrogen (secondary N) is 1. The predicted octanol–water partition coefficient (Wildman–Crippen LogP) is 3.31. The van der Waals surface area contributed by atoms with Crippen molar-refractivity contribution in [3.63, 3.8) is 0 Å². The number of H-pyrrole nitrogens is 1. The van der Waals surface area contributed by atoms with E-state index in [0.717, 1.165) is 17.1 Å². The fourth-order valence-electron chi connectivity index (χ4n) is 2.12. The van der Waals surface area contributed by atoms with Gasteiger partial charge in [0.25, 0.3) is 0 Å². The lowest BCUT2D eigenvalue weighted by Gasteiger charge is -1.94. The Morgan fingerprint density at radius 3 is 2.94 bits per heavy atom. The van der Waals surface area contributed by atoms with Crippen LogP contribution in [0.3, 0.4) is 0 Å². The molecule has 3 nitrogen and oxygen atoms in total. The van der Waals surface area contributed by atoms with Crippen LogP contribution >= 0.6 is 11.6 Å². The molecule has 0 aliphatic heterocycles. The van der Waals surface area contributed by atoms with Gasteiger partial charge in [0.1, 0.15) is 5.82 Å². The first-order chi connectivity index (χ1) is 8.29. The van der Waals surface area contributed by atoms with Crippen LogP contribution in [0, 0.1) is 0 Å². The third-order valence-electron chi connectivity index (χ3n) is 2.94. The SMILES string of the molecule is Cn1cc(-c2cnc(CCl)[nH]2)c2ccccc21.